The van der Waals surface area contributed by atoms with Crippen molar-refractivity contribution in [2.75, 3.05) is 10.6 Å². The molecule has 0 unspecified atom stereocenters. The highest BCUT2D eigenvalue weighted by molar-refractivity contribution is 7.98. The molecule has 0 saturated carbocycles. The van der Waals surface area contributed by atoms with Crippen LogP contribution in [-0.2, 0) is 10.5 Å². The van der Waals surface area contributed by atoms with Gasteiger partial charge in [-0.2, -0.15) is 4.98 Å². The average Bonchev–Trinajstić information content (AvgIpc) is 3.27. The van der Waals surface area contributed by atoms with Gasteiger partial charge >= 0.3 is 0 Å². The van der Waals surface area contributed by atoms with Crippen LogP contribution < -0.4 is 10.6 Å². The fraction of sp³-hybridized carbons (Fsp3) is 0.207. The van der Waals surface area contributed by atoms with Crippen molar-refractivity contribution in [3.8, 4) is 0 Å². The van der Waals surface area contributed by atoms with Crippen LogP contribution in [-0.4, -0.2) is 20.7 Å². The van der Waals surface area contributed by atoms with Gasteiger partial charge < -0.3 is 10.6 Å². The molecule has 5 rings (SSSR count). The predicted octanol–water partition coefficient (Wildman–Crippen LogP) is 7.08. The smallest absolute Gasteiger partial charge is 0.255 e. The molecule has 37 heavy (non-hydrogen) atoms. The van der Waals surface area contributed by atoms with Crippen molar-refractivity contribution < 1.29 is 4.79 Å². The lowest BCUT2D eigenvalue weighted by Crippen LogP contribution is -2.31. The van der Waals surface area contributed by atoms with Crippen LogP contribution in [0.1, 0.15) is 40.8 Å². The lowest BCUT2D eigenvalue weighted by Gasteiger charge is -2.29. The van der Waals surface area contributed by atoms with Gasteiger partial charge in [-0.3, -0.25) is 4.79 Å². The molecular weight excluding hydrogens is 502 g/mol. The van der Waals surface area contributed by atoms with Gasteiger partial charge in [-0.1, -0.05) is 89.1 Å². The van der Waals surface area contributed by atoms with Gasteiger partial charge in [-0.25, -0.2) is 4.68 Å². The fourth-order valence-corrected chi connectivity index (χ4v) is 5.56. The van der Waals surface area contributed by atoms with E-state index < -0.39 is 6.04 Å². The molecule has 2 heterocycles. The quantitative estimate of drug-likeness (QED) is 0.261. The first kappa shape index (κ1) is 25.1. The van der Waals surface area contributed by atoms with E-state index in [0.29, 0.717) is 22.4 Å². The summed E-state index contributed by atoms with van der Waals surface area (Å²) in [4.78, 5) is 18.5. The molecule has 0 spiro atoms. The lowest BCUT2D eigenvalue weighted by atomic mass is 9.94. The maximum atomic E-state index is 13.7. The molecule has 6 nitrogen and oxygen atoms in total. The third-order valence-corrected chi connectivity index (χ3v) is 7.67. The molecule has 4 aromatic rings. The largest absolute Gasteiger partial charge is 0.328 e. The normalized spacial score (nSPS) is 14.8. The number of carbonyl (C=O) groups excluding carboxylic acids is 1. The molecular formula is C29H28ClN5OS. The molecule has 0 bridgehead atoms. The zero-order valence-electron chi connectivity index (χ0n) is 21.2. The van der Waals surface area contributed by atoms with Crippen LogP contribution >= 0.6 is 23.4 Å². The monoisotopic (exact) mass is 529 g/mol. The van der Waals surface area contributed by atoms with Crippen LogP contribution in [0, 0.1) is 20.8 Å². The molecule has 1 aliphatic heterocycles. The second-order valence-electron chi connectivity index (χ2n) is 9.29. The average molecular weight is 530 g/mol. The number of amides is 1. The summed E-state index contributed by atoms with van der Waals surface area (Å²) in [7, 11) is 0. The van der Waals surface area contributed by atoms with Crippen LogP contribution in [0.5, 0.6) is 0 Å². The maximum Gasteiger partial charge on any atom is 0.255 e. The lowest BCUT2D eigenvalue weighted by molar-refractivity contribution is -0.113. The Hall–Kier alpha value is -3.55. The van der Waals surface area contributed by atoms with Crippen LogP contribution in [0.4, 0.5) is 11.6 Å². The number of thioether (sulfide) groups is 1. The van der Waals surface area contributed by atoms with Gasteiger partial charge in [0.1, 0.15) is 6.04 Å². The number of aromatic nitrogens is 3. The molecule has 1 amide bonds. The number of benzene rings is 3. The van der Waals surface area contributed by atoms with E-state index in [-0.39, 0.29) is 5.91 Å². The molecule has 0 aliphatic carbocycles. The van der Waals surface area contributed by atoms with Gasteiger partial charge in [0.05, 0.1) is 5.57 Å². The highest BCUT2D eigenvalue weighted by Crippen LogP contribution is 2.37. The summed E-state index contributed by atoms with van der Waals surface area (Å²) < 4.78 is 1.81. The Balaban J connectivity index is 1.50. The minimum Gasteiger partial charge on any atom is -0.328 e. The van der Waals surface area contributed by atoms with E-state index in [1.807, 2.05) is 80.9 Å². The maximum absolute atomic E-state index is 13.7. The van der Waals surface area contributed by atoms with Crippen molar-refractivity contribution in [3.05, 3.63) is 111 Å². The van der Waals surface area contributed by atoms with Gasteiger partial charge in [0, 0.05) is 22.2 Å². The van der Waals surface area contributed by atoms with Crippen molar-refractivity contribution in [3.63, 3.8) is 0 Å². The predicted molar refractivity (Wildman–Crippen MR) is 151 cm³/mol. The molecule has 1 aliphatic rings. The number of hydrogen-bond donors (Lipinski definition) is 2. The van der Waals surface area contributed by atoms with Crippen molar-refractivity contribution in [1.82, 2.24) is 14.8 Å². The Morgan fingerprint density at radius 3 is 2.49 bits per heavy atom. The Kier molecular flexibility index (Phi) is 7.09. The van der Waals surface area contributed by atoms with Crippen LogP contribution in [0.25, 0.3) is 0 Å². The zero-order valence-corrected chi connectivity index (χ0v) is 22.7. The Bertz CT molecular complexity index is 1510. The number of fused-ring (bicyclic) bond motifs is 1. The van der Waals surface area contributed by atoms with Crippen molar-refractivity contribution >= 4 is 40.9 Å². The molecule has 1 atom stereocenters. The zero-order chi connectivity index (χ0) is 26.1. The minimum atomic E-state index is -0.426. The highest BCUT2D eigenvalue weighted by atomic mass is 35.5. The number of anilines is 2. The molecule has 2 N–H and O–H groups in total. The van der Waals surface area contributed by atoms with Crippen molar-refractivity contribution in [2.24, 2.45) is 0 Å². The summed E-state index contributed by atoms with van der Waals surface area (Å²) in [5.74, 6) is 1.08. The first-order valence-electron chi connectivity index (χ1n) is 12.1. The Morgan fingerprint density at radius 2 is 1.76 bits per heavy atom. The number of hydrogen-bond acceptors (Lipinski definition) is 5. The minimum absolute atomic E-state index is 0.172. The van der Waals surface area contributed by atoms with E-state index in [4.69, 9.17) is 21.7 Å². The van der Waals surface area contributed by atoms with Crippen molar-refractivity contribution in [1.29, 1.82) is 0 Å². The molecule has 8 heteroatoms. The second-order valence-corrected chi connectivity index (χ2v) is 10.6. The van der Waals surface area contributed by atoms with Crippen LogP contribution in [0.3, 0.4) is 0 Å². The van der Waals surface area contributed by atoms with Gasteiger partial charge in [0.2, 0.25) is 11.1 Å². The molecule has 0 saturated heterocycles. The summed E-state index contributed by atoms with van der Waals surface area (Å²) in [5.41, 5.74) is 7.44. The summed E-state index contributed by atoms with van der Waals surface area (Å²) in [6.45, 7) is 7.99. The number of allylic oxidation sites excluding steroid dienone is 1. The molecule has 1 aromatic heterocycles. The number of carbonyl (C=O) groups is 1. The first-order chi connectivity index (χ1) is 17.8. The third kappa shape index (κ3) is 5.29. The molecule has 0 radical (unpaired) electrons. The van der Waals surface area contributed by atoms with Gasteiger partial charge in [0.15, 0.2) is 0 Å². The highest BCUT2D eigenvalue weighted by Gasteiger charge is 2.34. The van der Waals surface area contributed by atoms with Gasteiger partial charge in [0.25, 0.3) is 5.91 Å². The van der Waals surface area contributed by atoms with E-state index in [9.17, 15) is 4.79 Å². The number of nitrogens with one attached hydrogen (secondary N) is 2. The first-order valence-corrected chi connectivity index (χ1v) is 13.4. The van der Waals surface area contributed by atoms with E-state index in [1.54, 1.807) is 0 Å². The van der Waals surface area contributed by atoms with E-state index in [2.05, 4.69) is 28.8 Å². The van der Waals surface area contributed by atoms with E-state index >= 15 is 0 Å². The third-order valence-electron chi connectivity index (χ3n) is 6.42. The summed E-state index contributed by atoms with van der Waals surface area (Å²) in [6.07, 6.45) is 0. The Morgan fingerprint density at radius 1 is 1.03 bits per heavy atom. The van der Waals surface area contributed by atoms with Gasteiger partial charge in [-0.05, 0) is 56.5 Å². The number of aryl methyl sites for hydroxylation is 3. The topological polar surface area (TPSA) is 71.8 Å². The fourth-order valence-electron chi connectivity index (χ4n) is 4.44. The standard InChI is InChI=1S/C29H28ClN5OS/c1-17-9-12-21(13-10-17)26-25(27(36)32-24-14-11-18(2)15-19(24)3)20(4)31-28-33-29(34-35(26)28)37-16-22-7-5-6-8-23(22)30/h5-15,26H,16H2,1-4H3,(H,32,36)(H,31,33,34)/t26-/m1/s1. The molecule has 188 valence electrons. The second kappa shape index (κ2) is 10.4. The number of nitrogens with zero attached hydrogens (tertiary/aromatic N) is 3. The number of rotatable bonds is 6. The van der Waals surface area contributed by atoms with Crippen molar-refractivity contribution in [2.45, 2.75) is 44.6 Å². The van der Waals surface area contributed by atoms with Crippen LogP contribution in [0.15, 0.2) is 83.2 Å². The summed E-state index contributed by atoms with van der Waals surface area (Å²) in [5, 5.41) is 12.6. The molecule has 3 aromatic carbocycles. The summed E-state index contributed by atoms with van der Waals surface area (Å²) >= 11 is 7.85. The number of halogens is 1. The Labute approximate surface area is 226 Å². The van der Waals surface area contributed by atoms with Crippen LogP contribution in [0.2, 0.25) is 5.02 Å². The van der Waals surface area contributed by atoms with E-state index in [0.717, 1.165) is 44.2 Å². The van der Waals surface area contributed by atoms with E-state index in [1.165, 1.54) is 11.8 Å². The summed E-state index contributed by atoms with van der Waals surface area (Å²) in [6, 6.07) is 21.5. The van der Waals surface area contributed by atoms with Gasteiger partial charge in [-0.15, -0.1) is 5.10 Å². The SMILES string of the molecule is CC1=C(C(=O)Nc2ccc(C)cc2C)[C@@H](c2ccc(C)cc2)n2nc(SCc3ccccc3Cl)nc2N1. The molecule has 0 fully saturated rings.